The zero-order chi connectivity index (χ0) is 12.3. The van der Waals surface area contributed by atoms with Crippen LogP contribution in [0.4, 0.5) is 0 Å². The molecule has 0 aliphatic carbocycles. The van der Waals surface area contributed by atoms with Crippen molar-refractivity contribution in [2.75, 3.05) is 20.3 Å². The normalized spacial score (nSPS) is 13.5. The van der Waals surface area contributed by atoms with Gasteiger partial charge in [-0.25, -0.2) is 4.79 Å². The highest BCUT2D eigenvalue weighted by atomic mass is 16.5. The monoisotopic (exact) mass is 222 g/mol. The molecule has 5 nitrogen and oxygen atoms in total. The second kappa shape index (κ2) is 11.4. The lowest BCUT2D eigenvalue weighted by Crippen LogP contribution is -2.16. The molecule has 92 valence electrons. The van der Waals surface area contributed by atoms with E-state index in [1.54, 1.807) is 6.92 Å². The summed E-state index contributed by atoms with van der Waals surface area (Å²) in [5, 5.41) is 17.0. The van der Waals surface area contributed by atoms with E-state index in [9.17, 15) is 4.79 Å². The summed E-state index contributed by atoms with van der Waals surface area (Å²) in [6.45, 7) is 6.34. The van der Waals surface area contributed by atoms with Crippen molar-refractivity contribution in [3.05, 3.63) is 0 Å². The summed E-state index contributed by atoms with van der Waals surface area (Å²) < 4.78 is 9.12. The van der Waals surface area contributed by atoms with Gasteiger partial charge in [0.15, 0.2) is 0 Å². The number of aliphatic hydroxyl groups is 2. The van der Waals surface area contributed by atoms with Crippen molar-refractivity contribution in [3.8, 4) is 0 Å². The molecule has 15 heavy (non-hydrogen) atoms. The molecule has 0 heterocycles. The van der Waals surface area contributed by atoms with Crippen LogP contribution < -0.4 is 0 Å². The van der Waals surface area contributed by atoms with E-state index >= 15 is 0 Å². The molecule has 2 N–H and O–H groups in total. The summed E-state index contributed by atoms with van der Waals surface area (Å²) in [4.78, 5) is 10.0. The number of rotatable bonds is 5. The van der Waals surface area contributed by atoms with Crippen molar-refractivity contribution in [1.82, 2.24) is 0 Å². The molecule has 0 saturated heterocycles. The molecule has 0 spiro atoms. The average molecular weight is 222 g/mol. The van der Waals surface area contributed by atoms with Gasteiger partial charge in [-0.15, -0.1) is 0 Å². The van der Waals surface area contributed by atoms with Gasteiger partial charge < -0.3 is 19.7 Å². The quantitative estimate of drug-likeness (QED) is 0.518. The number of hydrogen-bond acceptors (Lipinski definition) is 5. The van der Waals surface area contributed by atoms with E-state index in [0.29, 0.717) is 6.61 Å². The minimum absolute atomic E-state index is 0.318. The Morgan fingerprint density at radius 1 is 1.33 bits per heavy atom. The molecule has 0 rings (SSSR count). The number of carbonyl (C=O) groups excluding carboxylic acids is 1. The molecule has 0 fully saturated rings. The van der Waals surface area contributed by atoms with E-state index in [2.05, 4.69) is 4.74 Å². The SMILES string of the molecule is CCCOCC(C)O.COC(=O)C(C)O. The Morgan fingerprint density at radius 2 is 1.87 bits per heavy atom. The van der Waals surface area contributed by atoms with Crippen molar-refractivity contribution in [3.63, 3.8) is 0 Å². The third kappa shape index (κ3) is 16.1. The van der Waals surface area contributed by atoms with Gasteiger partial charge in [-0.3, -0.25) is 0 Å². The molecule has 0 amide bonds. The zero-order valence-corrected chi connectivity index (χ0v) is 9.90. The zero-order valence-electron chi connectivity index (χ0n) is 9.90. The van der Waals surface area contributed by atoms with E-state index in [0.717, 1.165) is 13.0 Å². The molecule has 0 bridgehead atoms. The molecule has 0 aromatic rings. The van der Waals surface area contributed by atoms with Gasteiger partial charge in [-0.1, -0.05) is 6.92 Å². The number of hydrogen-bond donors (Lipinski definition) is 2. The Morgan fingerprint density at radius 3 is 2.07 bits per heavy atom. The van der Waals surface area contributed by atoms with Crippen LogP contribution in [-0.2, 0) is 14.3 Å². The Hall–Kier alpha value is -0.650. The highest BCUT2D eigenvalue weighted by Gasteiger charge is 2.05. The lowest BCUT2D eigenvalue weighted by atomic mass is 10.4. The summed E-state index contributed by atoms with van der Waals surface area (Å²) in [6, 6.07) is 0. The number of carbonyl (C=O) groups is 1. The van der Waals surface area contributed by atoms with E-state index in [1.165, 1.54) is 14.0 Å². The summed E-state index contributed by atoms with van der Waals surface area (Å²) >= 11 is 0. The first-order valence-electron chi connectivity index (χ1n) is 4.97. The van der Waals surface area contributed by atoms with Gasteiger partial charge in [0.2, 0.25) is 0 Å². The van der Waals surface area contributed by atoms with Crippen LogP contribution in [0.3, 0.4) is 0 Å². The maximum atomic E-state index is 10.0. The number of methoxy groups -OCH3 is 1. The Bertz CT molecular complexity index is 145. The van der Waals surface area contributed by atoms with Crippen LogP contribution >= 0.6 is 0 Å². The van der Waals surface area contributed by atoms with Crippen LogP contribution in [0.15, 0.2) is 0 Å². The Labute approximate surface area is 91.0 Å². The molecule has 0 aromatic carbocycles. The lowest BCUT2D eigenvalue weighted by molar-refractivity contribution is -0.149. The predicted molar refractivity (Wildman–Crippen MR) is 56.5 cm³/mol. The molecule has 0 aliphatic rings. The molecule has 0 radical (unpaired) electrons. The second-order valence-electron chi connectivity index (χ2n) is 3.12. The highest BCUT2D eigenvalue weighted by Crippen LogP contribution is 1.83. The third-order valence-corrected chi connectivity index (χ3v) is 1.25. The molecular weight excluding hydrogens is 200 g/mol. The topological polar surface area (TPSA) is 76.0 Å². The van der Waals surface area contributed by atoms with Crippen LogP contribution in [0.1, 0.15) is 27.2 Å². The standard InChI is InChI=1S/C6H14O2.C4H8O3/c1-3-4-8-5-6(2)7;1-3(5)4(6)7-2/h6-7H,3-5H2,1-2H3;3,5H,1-2H3. The van der Waals surface area contributed by atoms with Gasteiger partial charge in [-0.05, 0) is 20.3 Å². The first kappa shape index (κ1) is 16.8. The number of esters is 1. The Kier molecular flexibility index (Phi) is 12.8. The fourth-order valence-electron chi connectivity index (χ4n) is 0.569. The van der Waals surface area contributed by atoms with Crippen molar-refractivity contribution < 1.29 is 24.5 Å². The number of aliphatic hydroxyl groups excluding tert-OH is 2. The van der Waals surface area contributed by atoms with E-state index in [4.69, 9.17) is 14.9 Å². The van der Waals surface area contributed by atoms with Crippen LogP contribution in [0, 0.1) is 0 Å². The molecule has 2 atom stereocenters. The minimum atomic E-state index is -0.995. The summed E-state index contributed by atoms with van der Waals surface area (Å²) in [5.41, 5.74) is 0. The first-order valence-corrected chi connectivity index (χ1v) is 4.97. The van der Waals surface area contributed by atoms with Gasteiger partial charge in [0.25, 0.3) is 0 Å². The summed E-state index contributed by atoms with van der Waals surface area (Å²) in [6.07, 6.45) is -0.293. The smallest absolute Gasteiger partial charge is 0.334 e. The van der Waals surface area contributed by atoms with Gasteiger partial charge in [0.05, 0.1) is 19.8 Å². The van der Waals surface area contributed by atoms with E-state index < -0.39 is 12.1 Å². The van der Waals surface area contributed by atoms with Crippen LogP contribution in [0.25, 0.3) is 0 Å². The third-order valence-electron chi connectivity index (χ3n) is 1.25. The van der Waals surface area contributed by atoms with Gasteiger partial charge >= 0.3 is 5.97 Å². The van der Waals surface area contributed by atoms with Crippen molar-refractivity contribution in [1.29, 1.82) is 0 Å². The van der Waals surface area contributed by atoms with Gasteiger partial charge in [-0.2, -0.15) is 0 Å². The first-order chi connectivity index (χ1) is 6.95. The van der Waals surface area contributed by atoms with Crippen LogP contribution in [-0.4, -0.2) is 48.7 Å². The second-order valence-corrected chi connectivity index (χ2v) is 3.12. The van der Waals surface area contributed by atoms with Crippen molar-refractivity contribution in [2.45, 2.75) is 39.4 Å². The number of ether oxygens (including phenoxy) is 2. The maximum absolute atomic E-state index is 10.0. The molecule has 0 aliphatic heterocycles. The molecular formula is C10H22O5. The van der Waals surface area contributed by atoms with Gasteiger partial charge in [0.1, 0.15) is 6.10 Å². The summed E-state index contributed by atoms with van der Waals surface area (Å²) in [5.74, 6) is -0.597. The van der Waals surface area contributed by atoms with Crippen molar-refractivity contribution in [2.24, 2.45) is 0 Å². The largest absolute Gasteiger partial charge is 0.467 e. The predicted octanol–water partition coefficient (Wildman–Crippen LogP) is 0.334. The lowest BCUT2D eigenvalue weighted by Gasteiger charge is -2.02. The van der Waals surface area contributed by atoms with E-state index in [-0.39, 0.29) is 6.10 Å². The fourth-order valence-corrected chi connectivity index (χ4v) is 0.569. The highest BCUT2D eigenvalue weighted by molar-refractivity contribution is 5.73. The van der Waals surface area contributed by atoms with Gasteiger partial charge in [0, 0.05) is 6.61 Å². The average Bonchev–Trinajstić information content (AvgIpc) is 2.17. The van der Waals surface area contributed by atoms with Crippen LogP contribution in [0.5, 0.6) is 0 Å². The maximum Gasteiger partial charge on any atom is 0.334 e. The van der Waals surface area contributed by atoms with Crippen molar-refractivity contribution >= 4 is 5.97 Å². The fraction of sp³-hybridized carbons (Fsp3) is 0.900. The molecule has 5 heteroatoms. The molecule has 0 saturated carbocycles. The Balaban J connectivity index is 0. The van der Waals surface area contributed by atoms with Crippen LogP contribution in [0.2, 0.25) is 0 Å². The molecule has 0 aromatic heterocycles. The summed E-state index contributed by atoms with van der Waals surface area (Å²) in [7, 11) is 1.23. The molecule has 2 unspecified atom stereocenters. The minimum Gasteiger partial charge on any atom is -0.467 e. The van der Waals surface area contributed by atoms with E-state index in [1.807, 2.05) is 6.92 Å².